The summed E-state index contributed by atoms with van der Waals surface area (Å²) in [5, 5.41) is 8.06. The van der Waals surface area contributed by atoms with Gasteiger partial charge in [0.25, 0.3) is 0 Å². The second-order valence-electron chi connectivity index (χ2n) is 4.46. The number of nitrogens with zero attached hydrogens (tertiary/aromatic N) is 3. The third-order valence-electron chi connectivity index (χ3n) is 3.17. The highest BCUT2D eigenvalue weighted by molar-refractivity contribution is 5.56. The molecule has 4 nitrogen and oxygen atoms in total. The van der Waals surface area contributed by atoms with E-state index in [9.17, 15) is 0 Å². The Hall–Kier alpha value is -1.68. The van der Waals surface area contributed by atoms with Crippen LogP contribution in [0.5, 0.6) is 0 Å². The molecule has 2 aromatic heterocycles. The summed E-state index contributed by atoms with van der Waals surface area (Å²) in [5.74, 6) is 0. The molecule has 0 aromatic carbocycles. The van der Waals surface area contributed by atoms with Gasteiger partial charge in [0.2, 0.25) is 0 Å². The average molecular weight is 228 g/mol. The lowest BCUT2D eigenvalue weighted by Crippen LogP contribution is -2.26. The second kappa shape index (κ2) is 4.67. The van der Waals surface area contributed by atoms with Crippen LogP contribution in [0.25, 0.3) is 11.3 Å². The van der Waals surface area contributed by atoms with Gasteiger partial charge in [0.15, 0.2) is 0 Å². The van der Waals surface area contributed by atoms with E-state index in [1.807, 2.05) is 35.3 Å². The molecule has 3 heterocycles. The molecule has 2 aromatic rings. The monoisotopic (exact) mass is 228 g/mol. The third-order valence-corrected chi connectivity index (χ3v) is 3.17. The molecule has 0 spiro atoms. The van der Waals surface area contributed by atoms with E-state index >= 15 is 0 Å². The summed E-state index contributed by atoms with van der Waals surface area (Å²) in [4.78, 5) is 4.11. The van der Waals surface area contributed by atoms with Crippen molar-refractivity contribution < 1.29 is 0 Å². The summed E-state index contributed by atoms with van der Waals surface area (Å²) in [6.45, 7) is 2.10. The van der Waals surface area contributed by atoms with Crippen LogP contribution in [0, 0.1) is 0 Å². The predicted molar refractivity (Wildman–Crippen MR) is 66.5 cm³/mol. The molecule has 17 heavy (non-hydrogen) atoms. The fraction of sp³-hybridized carbons (Fsp3) is 0.385. The number of pyridine rings is 1. The molecule has 88 valence electrons. The van der Waals surface area contributed by atoms with Gasteiger partial charge < -0.3 is 5.32 Å². The van der Waals surface area contributed by atoms with Crippen molar-refractivity contribution in [2.75, 3.05) is 6.54 Å². The van der Waals surface area contributed by atoms with Crippen molar-refractivity contribution >= 4 is 0 Å². The van der Waals surface area contributed by atoms with Crippen LogP contribution in [0.2, 0.25) is 0 Å². The van der Waals surface area contributed by atoms with Gasteiger partial charge in [-0.05, 0) is 37.6 Å². The Labute approximate surface area is 101 Å². The first-order valence-electron chi connectivity index (χ1n) is 6.09. The molecule has 1 atom stereocenters. The van der Waals surface area contributed by atoms with Crippen LogP contribution in [0.3, 0.4) is 0 Å². The Morgan fingerprint density at radius 2 is 2.41 bits per heavy atom. The molecule has 1 aliphatic rings. The minimum atomic E-state index is 0.580. The highest BCUT2D eigenvalue weighted by atomic mass is 15.3. The van der Waals surface area contributed by atoms with Gasteiger partial charge in [-0.1, -0.05) is 0 Å². The van der Waals surface area contributed by atoms with Gasteiger partial charge in [0.05, 0.1) is 12.2 Å². The van der Waals surface area contributed by atoms with E-state index in [-0.39, 0.29) is 0 Å². The van der Waals surface area contributed by atoms with Crippen LogP contribution >= 0.6 is 0 Å². The van der Waals surface area contributed by atoms with Gasteiger partial charge in [-0.15, -0.1) is 0 Å². The van der Waals surface area contributed by atoms with Crippen LogP contribution in [-0.2, 0) is 6.54 Å². The molecular formula is C13H16N4. The summed E-state index contributed by atoms with van der Waals surface area (Å²) >= 11 is 0. The van der Waals surface area contributed by atoms with E-state index in [1.54, 1.807) is 6.20 Å². The fourth-order valence-electron chi connectivity index (χ4n) is 2.27. The zero-order valence-electron chi connectivity index (χ0n) is 9.71. The van der Waals surface area contributed by atoms with Crippen LogP contribution < -0.4 is 5.32 Å². The van der Waals surface area contributed by atoms with Crippen LogP contribution in [-0.4, -0.2) is 27.4 Å². The van der Waals surface area contributed by atoms with Gasteiger partial charge >= 0.3 is 0 Å². The van der Waals surface area contributed by atoms with Gasteiger partial charge in [-0.25, -0.2) is 0 Å². The molecule has 0 radical (unpaired) electrons. The summed E-state index contributed by atoms with van der Waals surface area (Å²) < 4.78 is 2.02. The van der Waals surface area contributed by atoms with E-state index in [0.29, 0.717) is 6.04 Å². The van der Waals surface area contributed by atoms with Crippen molar-refractivity contribution in [3.8, 4) is 11.3 Å². The van der Waals surface area contributed by atoms with Crippen molar-refractivity contribution in [2.45, 2.75) is 25.4 Å². The van der Waals surface area contributed by atoms with E-state index in [1.165, 1.54) is 12.8 Å². The minimum Gasteiger partial charge on any atom is -0.312 e. The topological polar surface area (TPSA) is 42.7 Å². The predicted octanol–water partition coefficient (Wildman–Crippen LogP) is 1.70. The first-order chi connectivity index (χ1) is 8.42. The van der Waals surface area contributed by atoms with Crippen LogP contribution in [0.1, 0.15) is 12.8 Å². The minimum absolute atomic E-state index is 0.580. The van der Waals surface area contributed by atoms with Crippen molar-refractivity contribution in [1.29, 1.82) is 0 Å². The van der Waals surface area contributed by atoms with Gasteiger partial charge in [-0.2, -0.15) is 5.10 Å². The van der Waals surface area contributed by atoms with Crippen molar-refractivity contribution in [3.05, 3.63) is 36.8 Å². The lowest BCUT2D eigenvalue weighted by atomic mass is 10.2. The molecule has 4 heteroatoms. The number of rotatable bonds is 3. The maximum atomic E-state index is 4.58. The van der Waals surface area contributed by atoms with Crippen LogP contribution in [0.4, 0.5) is 0 Å². The molecule has 0 amide bonds. The third kappa shape index (κ3) is 2.36. The Kier molecular flexibility index (Phi) is 2.88. The molecule has 3 rings (SSSR count). The fourth-order valence-corrected chi connectivity index (χ4v) is 2.27. The summed E-state index contributed by atoms with van der Waals surface area (Å²) in [6.07, 6.45) is 8.20. The molecule has 1 N–H and O–H groups in total. The second-order valence-corrected chi connectivity index (χ2v) is 4.46. The number of hydrogen-bond donors (Lipinski definition) is 1. The van der Waals surface area contributed by atoms with E-state index < -0.39 is 0 Å². The smallest absolute Gasteiger partial charge is 0.0938 e. The lowest BCUT2D eigenvalue weighted by Gasteiger charge is -2.09. The molecule has 0 unspecified atom stereocenters. The normalized spacial score (nSPS) is 19.6. The first-order valence-corrected chi connectivity index (χ1v) is 6.09. The molecule has 1 aliphatic heterocycles. The Balaban J connectivity index is 1.74. The van der Waals surface area contributed by atoms with E-state index in [2.05, 4.69) is 15.4 Å². The Bertz CT molecular complexity index is 471. The molecular weight excluding hydrogens is 212 g/mol. The highest BCUT2D eigenvalue weighted by Gasteiger charge is 2.14. The SMILES string of the molecule is c1cncc(-c2ccn(C[C@@H]3CCCN3)n2)c1. The van der Waals surface area contributed by atoms with Crippen molar-refractivity contribution in [3.63, 3.8) is 0 Å². The molecule has 1 fully saturated rings. The first kappa shape index (κ1) is 10.5. The zero-order valence-corrected chi connectivity index (χ0v) is 9.71. The molecule has 1 saturated heterocycles. The van der Waals surface area contributed by atoms with E-state index in [4.69, 9.17) is 0 Å². The molecule has 0 bridgehead atoms. The number of aromatic nitrogens is 3. The average Bonchev–Trinajstić information content (AvgIpc) is 3.02. The Morgan fingerprint density at radius 1 is 1.41 bits per heavy atom. The largest absolute Gasteiger partial charge is 0.312 e. The zero-order chi connectivity index (χ0) is 11.5. The molecule has 0 aliphatic carbocycles. The Morgan fingerprint density at radius 3 is 3.18 bits per heavy atom. The van der Waals surface area contributed by atoms with Gasteiger partial charge in [0.1, 0.15) is 0 Å². The summed E-state index contributed by atoms with van der Waals surface area (Å²) in [5.41, 5.74) is 2.07. The highest BCUT2D eigenvalue weighted by Crippen LogP contribution is 2.15. The summed E-state index contributed by atoms with van der Waals surface area (Å²) in [7, 11) is 0. The number of hydrogen-bond acceptors (Lipinski definition) is 3. The van der Waals surface area contributed by atoms with Gasteiger partial charge in [0, 0.05) is 30.2 Å². The lowest BCUT2D eigenvalue weighted by molar-refractivity contribution is 0.477. The standard InChI is InChI=1S/C13H16N4/c1-3-11(9-14-6-1)13-5-8-17(16-13)10-12-4-2-7-15-12/h1,3,5-6,8-9,12,15H,2,4,7,10H2/t12-/m0/s1. The quantitative estimate of drug-likeness (QED) is 0.869. The van der Waals surface area contributed by atoms with Crippen LogP contribution in [0.15, 0.2) is 36.8 Å². The maximum Gasteiger partial charge on any atom is 0.0938 e. The molecule has 0 saturated carbocycles. The summed E-state index contributed by atoms with van der Waals surface area (Å²) in [6, 6.07) is 6.60. The van der Waals surface area contributed by atoms with Gasteiger partial charge in [-0.3, -0.25) is 9.67 Å². The maximum absolute atomic E-state index is 4.58. The van der Waals surface area contributed by atoms with Crippen molar-refractivity contribution in [2.24, 2.45) is 0 Å². The number of nitrogens with one attached hydrogen (secondary N) is 1. The van der Waals surface area contributed by atoms with Crippen molar-refractivity contribution in [1.82, 2.24) is 20.1 Å². The van der Waals surface area contributed by atoms with E-state index in [0.717, 1.165) is 24.3 Å².